The van der Waals surface area contributed by atoms with Crippen LogP contribution in [0.3, 0.4) is 0 Å². The van der Waals surface area contributed by atoms with Gasteiger partial charge in [0.05, 0.1) is 0 Å². The molecule has 1 N–H and O–H groups in total. The Morgan fingerprint density at radius 2 is 2.24 bits per heavy atom. The molecule has 1 aliphatic carbocycles. The van der Waals surface area contributed by atoms with E-state index in [1.807, 2.05) is 12.3 Å². The van der Waals surface area contributed by atoms with E-state index in [1.165, 1.54) is 25.7 Å². The van der Waals surface area contributed by atoms with Gasteiger partial charge in [-0.1, -0.05) is 19.4 Å². The fourth-order valence-electron chi connectivity index (χ4n) is 2.53. The van der Waals surface area contributed by atoms with Crippen molar-refractivity contribution in [2.45, 2.75) is 39.2 Å². The van der Waals surface area contributed by atoms with Crippen molar-refractivity contribution in [3.63, 3.8) is 0 Å². The zero-order valence-electron chi connectivity index (χ0n) is 10.6. The number of hydrogen-bond donors (Lipinski definition) is 1. The van der Waals surface area contributed by atoms with E-state index in [0.717, 1.165) is 19.6 Å². The first-order valence-electron chi connectivity index (χ1n) is 6.62. The molecule has 1 aliphatic rings. The van der Waals surface area contributed by atoms with E-state index in [2.05, 4.69) is 12.2 Å². The van der Waals surface area contributed by atoms with Crippen molar-refractivity contribution in [1.82, 2.24) is 9.88 Å². The summed E-state index contributed by atoms with van der Waals surface area (Å²) in [6, 6.07) is 5.30. The molecule has 3 nitrogen and oxygen atoms in total. The first kappa shape index (κ1) is 12.4. The molecule has 0 saturated heterocycles. The van der Waals surface area contributed by atoms with Gasteiger partial charge in [0, 0.05) is 31.9 Å². The van der Waals surface area contributed by atoms with Crippen molar-refractivity contribution < 1.29 is 0 Å². The van der Waals surface area contributed by atoms with Crippen molar-refractivity contribution >= 4 is 0 Å². The Kier molecular flexibility index (Phi) is 4.00. The largest absolute Gasteiger partial charge is 0.314 e. The van der Waals surface area contributed by atoms with E-state index in [4.69, 9.17) is 0 Å². The molecular formula is C14H22N2O. The Bertz CT molecular complexity index is 401. The highest BCUT2D eigenvalue weighted by Gasteiger charge is 2.34. The van der Waals surface area contributed by atoms with Crippen molar-refractivity contribution in [2.75, 3.05) is 13.1 Å². The van der Waals surface area contributed by atoms with Crippen molar-refractivity contribution in [3.05, 3.63) is 34.7 Å². The van der Waals surface area contributed by atoms with Crippen molar-refractivity contribution in [2.24, 2.45) is 5.41 Å². The zero-order chi connectivity index (χ0) is 12.1. The van der Waals surface area contributed by atoms with Gasteiger partial charge in [0.15, 0.2) is 0 Å². The summed E-state index contributed by atoms with van der Waals surface area (Å²) in [6.07, 6.45) is 7.23. The van der Waals surface area contributed by atoms with Crippen LogP contribution in [-0.2, 0) is 6.54 Å². The van der Waals surface area contributed by atoms with Crippen molar-refractivity contribution in [1.29, 1.82) is 0 Å². The minimum absolute atomic E-state index is 0.0862. The molecule has 2 rings (SSSR count). The molecule has 0 aromatic carbocycles. The lowest BCUT2D eigenvalue weighted by atomic mass is 9.67. The fourth-order valence-corrected chi connectivity index (χ4v) is 2.53. The second-order valence-electron chi connectivity index (χ2n) is 5.12. The lowest BCUT2D eigenvalue weighted by molar-refractivity contribution is 0.124. The van der Waals surface area contributed by atoms with Crippen molar-refractivity contribution in [3.8, 4) is 0 Å². The summed E-state index contributed by atoms with van der Waals surface area (Å²) in [5, 5.41) is 3.50. The first-order chi connectivity index (χ1) is 8.26. The molecule has 0 spiro atoms. The van der Waals surface area contributed by atoms with Crippen LogP contribution in [0.4, 0.5) is 0 Å². The summed E-state index contributed by atoms with van der Waals surface area (Å²) in [6.45, 7) is 5.03. The van der Waals surface area contributed by atoms with E-state index in [-0.39, 0.29) is 5.56 Å². The highest BCUT2D eigenvalue weighted by atomic mass is 16.1. The summed E-state index contributed by atoms with van der Waals surface area (Å²) in [7, 11) is 0. The third-order valence-electron chi connectivity index (χ3n) is 4.09. The molecule has 1 saturated carbocycles. The van der Waals surface area contributed by atoms with Crippen LogP contribution in [0, 0.1) is 5.41 Å². The van der Waals surface area contributed by atoms with Crippen LogP contribution in [-0.4, -0.2) is 17.7 Å². The van der Waals surface area contributed by atoms with E-state index in [9.17, 15) is 4.79 Å². The molecule has 0 unspecified atom stereocenters. The van der Waals surface area contributed by atoms with Crippen LogP contribution in [0.5, 0.6) is 0 Å². The Balaban J connectivity index is 1.73. The monoisotopic (exact) mass is 234 g/mol. The van der Waals surface area contributed by atoms with Gasteiger partial charge in [-0.2, -0.15) is 0 Å². The Hall–Kier alpha value is -1.09. The number of rotatable bonds is 6. The summed E-state index contributed by atoms with van der Waals surface area (Å²) < 4.78 is 1.76. The molecule has 0 atom stereocenters. The summed E-state index contributed by atoms with van der Waals surface area (Å²) in [4.78, 5) is 11.5. The fraction of sp³-hybridized carbons (Fsp3) is 0.643. The molecule has 94 valence electrons. The Morgan fingerprint density at radius 3 is 2.82 bits per heavy atom. The summed E-state index contributed by atoms with van der Waals surface area (Å²) >= 11 is 0. The van der Waals surface area contributed by atoms with Gasteiger partial charge in [-0.25, -0.2) is 0 Å². The van der Waals surface area contributed by atoms with Crippen LogP contribution < -0.4 is 10.9 Å². The molecular weight excluding hydrogens is 212 g/mol. The highest BCUT2D eigenvalue weighted by Crippen LogP contribution is 2.42. The molecule has 0 amide bonds. The molecule has 0 aliphatic heterocycles. The lowest BCUT2D eigenvalue weighted by Crippen LogP contribution is -2.40. The van der Waals surface area contributed by atoms with Gasteiger partial charge in [-0.3, -0.25) is 4.79 Å². The van der Waals surface area contributed by atoms with Gasteiger partial charge in [0.2, 0.25) is 0 Å². The Labute approximate surface area is 103 Å². The molecule has 1 aromatic heterocycles. The molecule has 3 heteroatoms. The minimum Gasteiger partial charge on any atom is -0.314 e. The summed E-state index contributed by atoms with van der Waals surface area (Å²) in [5.74, 6) is 0. The molecule has 17 heavy (non-hydrogen) atoms. The number of aromatic nitrogens is 1. The first-order valence-corrected chi connectivity index (χ1v) is 6.62. The second kappa shape index (κ2) is 5.50. The summed E-state index contributed by atoms with van der Waals surface area (Å²) in [5.41, 5.74) is 0.643. The van der Waals surface area contributed by atoms with E-state index in [1.54, 1.807) is 16.7 Å². The van der Waals surface area contributed by atoms with E-state index < -0.39 is 0 Å². The van der Waals surface area contributed by atoms with Gasteiger partial charge in [0.25, 0.3) is 5.56 Å². The predicted molar refractivity (Wildman–Crippen MR) is 70.1 cm³/mol. The standard InChI is InChI=1S/C14H22N2O/c1-2-14(7-5-8-14)12-15-9-11-16-10-4-3-6-13(16)17/h3-4,6,10,15H,2,5,7-9,11-12H2,1H3. The maximum atomic E-state index is 11.5. The van der Waals surface area contributed by atoms with E-state index in [0.29, 0.717) is 5.41 Å². The van der Waals surface area contributed by atoms with Crippen LogP contribution in [0.2, 0.25) is 0 Å². The number of nitrogens with one attached hydrogen (secondary N) is 1. The maximum absolute atomic E-state index is 11.5. The molecule has 1 fully saturated rings. The van der Waals surface area contributed by atoms with Crippen LogP contribution in [0.25, 0.3) is 0 Å². The van der Waals surface area contributed by atoms with Gasteiger partial charge >= 0.3 is 0 Å². The number of hydrogen-bond acceptors (Lipinski definition) is 2. The van der Waals surface area contributed by atoms with Gasteiger partial charge in [0.1, 0.15) is 0 Å². The highest BCUT2D eigenvalue weighted by molar-refractivity contribution is 4.93. The minimum atomic E-state index is 0.0862. The normalized spacial score (nSPS) is 17.7. The molecule has 0 bridgehead atoms. The lowest BCUT2D eigenvalue weighted by Gasteiger charge is -2.41. The van der Waals surface area contributed by atoms with Crippen LogP contribution in [0.1, 0.15) is 32.6 Å². The average Bonchev–Trinajstić information content (AvgIpc) is 2.29. The molecule has 0 radical (unpaired) electrons. The number of nitrogens with zero attached hydrogens (tertiary/aromatic N) is 1. The number of pyridine rings is 1. The van der Waals surface area contributed by atoms with Gasteiger partial charge < -0.3 is 9.88 Å². The second-order valence-corrected chi connectivity index (χ2v) is 5.12. The smallest absolute Gasteiger partial charge is 0.250 e. The van der Waals surface area contributed by atoms with Crippen LogP contribution in [0.15, 0.2) is 29.2 Å². The van der Waals surface area contributed by atoms with Gasteiger partial charge in [-0.05, 0) is 30.7 Å². The van der Waals surface area contributed by atoms with Crippen LogP contribution >= 0.6 is 0 Å². The molecule has 1 aromatic rings. The zero-order valence-corrected chi connectivity index (χ0v) is 10.6. The predicted octanol–water partition coefficient (Wildman–Crippen LogP) is 2.02. The van der Waals surface area contributed by atoms with E-state index >= 15 is 0 Å². The molecule has 1 heterocycles. The average molecular weight is 234 g/mol. The Morgan fingerprint density at radius 1 is 1.41 bits per heavy atom. The SMILES string of the molecule is CCC1(CNCCn2ccccc2=O)CCC1. The third-order valence-corrected chi connectivity index (χ3v) is 4.09. The topological polar surface area (TPSA) is 34.0 Å². The third kappa shape index (κ3) is 2.97. The van der Waals surface area contributed by atoms with Gasteiger partial charge in [-0.15, -0.1) is 0 Å². The quantitative estimate of drug-likeness (QED) is 0.764. The maximum Gasteiger partial charge on any atom is 0.250 e.